The lowest BCUT2D eigenvalue weighted by atomic mass is 10.1. The Bertz CT molecular complexity index is 3520. The van der Waals surface area contributed by atoms with Crippen LogP contribution in [0.4, 0.5) is 5.82 Å². The fourth-order valence-corrected chi connectivity index (χ4v) is 13.4. The van der Waals surface area contributed by atoms with Crippen LogP contribution < -0.4 is 16.6 Å². The van der Waals surface area contributed by atoms with Gasteiger partial charge in [0.25, 0.3) is 17.4 Å². The first kappa shape index (κ1) is 59.6. The molecule has 1 N–H and O–H groups in total. The average Bonchev–Trinajstić information content (AvgIpc) is 4.33. The van der Waals surface area contributed by atoms with Crippen molar-refractivity contribution in [3.05, 3.63) is 153 Å². The lowest BCUT2D eigenvalue weighted by Gasteiger charge is -2.41. The third kappa shape index (κ3) is 13.7. The molecule has 0 aliphatic carbocycles. The fraction of sp³-hybridized carbons (Fsp3) is 0.389. The minimum absolute atomic E-state index is 0.00569. The highest BCUT2D eigenvalue weighted by Crippen LogP contribution is 2.64. The molecule has 426 valence electrons. The van der Waals surface area contributed by atoms with Crippen LogP contribution in [-0.4, -0.2) is 122 Å². The molecule has 2 saturated heterocycles. The molecular formula is C54H59N8O16PSSi. The van der Waals surface area contributed by atoms with Crippen LogP contribution in [0, 0.1) is 18.3 Å². The summed E-state index contributed by atoms with van der Waals surface area (Å²) in [4.78, 5) is 107. The van der Waals surface area contributed by atoms with Gasteiger partial charge in [-0.05, 0) is 72.8 Å². The number of ether oxygens (including phenoxy) is 5. The Hall–Kier alpha value is -7.47. The number of benzene rings is 3. The van der Waals surface area contributed by atoms with Crippen molar-refractivity contribution in [3.63, 3.8) is 0 Å². The van der Waals surface area contributed by atoms with Crippen LogP contribution in [-0.2, 0) is 51.3 Å². The van der Waals surface area contributed by atoms with Crippen LogP contribution in [0.2, 0.25) is 18.1 Å². The second-order valence-electron chi connectivity index (χ2n) is 20.4. The number of fused-ring (bicyclic) bond motifs is 1. The van der Waals surface area contributed by atoms with Gasteiger partial charge in [0.15, 0.2) is 50.0 Å². The number of imidazole rings is 1. The molecule has 3 aromatic heterocycles. The number of amides is 1. The van der Waals surface area contributed by atoms with E-state index < -0.39 is 129 Å². The Morgan fingerprint density at radius 3 is 2.06 bits per heavy atom. The summed E-state index contributed by atoms with van der Waals surface area (Å²) in [6.45, 7) is 8.24. The number of hydrogen-bond donors (Lipinski definition) is 1. The highest BCUT2D eigenvalue weighted by Gasteiger charge is 2.56. The molecule has 3 aromatic carbocycles. The minimum Gasteiger partial charge on any atom is -0.459 e. The standard InChI is InChI=1S/C54H59N8O16PSSi/c1-32-20-22-37(23-21-32)52(68)71-28-38-43(45(78-81(7,8)54(4,5)6)51(75-38)61-31-58-41-46(56-30-57-47(41)61)59-48(66)35-16-11-9-12-17-35)77-79(70,72-27-15-25-55)80-29-39-42(73-33(2)63)44(74-34(3)64)50(76-39)60-26-24-40(65)62(53(60)69)49(67)36-18-13-10-14-19-36/h9-14,16-24,26,30-31,38-39,42-45,50-51H,15,27-29H2,1-8H3,(H,56,57,59,66)/t38-,39-,42-,43-,44-,45-,50-,51-,79?/m1/s1. The van der Waals surface area contributed by atoms with Crippen LogP contribution in [0.1, 0.15) is 90.1 Å². The van der Waals surface area contributed by atoms with E-state index in [-0.39, 0.29) is 34.5 Å². The molecule has 81 heavy (non-hydrogen) atoms. The predicted molar refractivity (Wildman–Crippen MR) is 294 cm³/mol. The summed E-state index contributed by atoms with van der Waals surface area (Å²) >= 11 is 0.537. The number of aromatic nitrogens is 6. The lowest BCUT2D eigenvalue weighted by Crippen LogP contribution is -2.49. The first-order valence-electron chi connectivity index (χ1n) is 25.5. The number of anilines is 1. The molecule has 24 nitrogen and oxygen atoms in total. The van der Waals surface area contributed by atoms with Gasteiger partial charge in [-0.25, -0.2) is 29.1 Å². The van der Waals surface area contributed by atoms with Gasteiger partial charge in [0.2, 0.25) is 0 Å². The van der Waals surface area contributed by atoms with E-state index in [1.54, 1.807) is 72.8 Å². The highest BCUT2D eigenvalue weighted by molar-refractivity contribution is 8.55. The maximum Gasteiger partial charge on any atom is 0.389 e. The van der Waals surface area contributed by atoms with Crippen molar-refractivity contribution < 1.29 is 65.7 Å². The third-order valence-electron chi connectivity index (χ3n) is 13.6. The number of nitriles is 1. The van der Waals surface area contributed by atoms with Gasteiger partial charge in [-0.15, -0.1) is 0 Å². The van der Waals surface area contributed by atoms with Crippen molar-refractivity contribution >= 4 is 73.2 Å². The van der Waals surface area contributed by atoms with Gasteiger partial charge in [-0.1, -0.05) is 74.9 Å². The largest absolute Gasteiger partial charge is 0.459 e. The van der Waals surface area contributed by atoms with Crippen LogP contribution in [0.3, 0.4) is 0 Å². The molecule has 1 amide bonds. The number of rotatable bonds is 20. The SMILES string of the molecule is CC(=O)O[C@@H]1[C@H](OC(C)=O)[C@@H](CSP(=O)(OCCC#N)O[C@H]2[C@@H](O[Si](C)(C)C(C)(C)C)[C@H](n3cnc4c(NC(=O)c5ccccc5)ncnc43)O[C@@H]2COC(=O)c2ccc(C)cc2)O[C@H]1n1ccc(=O)n(C(=O)c2ccccc2)c1=O. The normalized spacial score (nSPS) is 21.6. The summed E-state index contributed by atoms with van der Waals surface area (Å²) in [5.41, 5.74) is -0.355. The summed E-state index contributed by atoms with van der Waals surface area (Å²) in [7, 11) is -2.96. The second-order valence-corrected chi connectivity index (χ2v) is 29.2. The quantitative estimate of drug-likeness (QED) is 0.0260. The molecule has 0 saturated carbocycles. The summed E-state index contributed by atoms with van der Waals surface area (Å²) in [5.74, 6) is -4.32. The van der Waals surface area contributed by atoms with E-state index in [4.69, 9.17) is 37.2 Å². The molecule has 5 heterocycles. The van der Waals surface area contributed by atoms with Crippen molar-refractivity contribution in [1.82, 2.24) is 28.7 Å². The van der Waals surface area contributed by atoms with Crippen molar-refractivity contribution in [2.75, 3.05) is 24.3 Å². The Labute approximate surface area is 469 Å². The van der Waals surface area contributed by atoms with Crippen LogP contribution in [0.15, 0.2) is 119 Å². The Morgan fingerprint density at radius 1 is 0.790 bits per heavy atom. The number of carbonyl (C=O) groups is 5. The second kappa shape index (κ2) is 25.1. The van der Waals surface area contributed by atoms with Gasteiger partial charge in [-0.2, -0.15) is 9.83 Å². The molecule has 0 bridgehead atoms. The average molecular weight is 1170 g/mol. The van der Waals surface area contributed by atoms with Crippen LogP contribution >= 0.6 is 18.2 Å². The number of nitrogens with zero attached hydrogens (tertiary/aromatic N) is 7. The predicted octanol–water partition coefficient (Wildman–Crippen LogP) is 7.16. The zero-order valence-corrected chi connectivity index (χ0v) is 48.1. The number of hydrogen-bond acceptors (Lipinski definition) is 21. The Morgan fingerprint density at radius 2 is 1.42 bits per heavy atom. The maximum atomic E-state index is 15.7. The van der Waals surface area contributed by atoms with Gasteiger partial charge in [0.1, 0.15) is 37.4 Å². The first-order valence-corrected chi connectivity index (χ1v) is 31.5. The lowest BCUT2D eigenvalue weighted by molar-refractivity contribution is -0.165. The van der Waals surface area contributed by atoms with Gasteiger partial charge in [-0.3, -0.25) is 42.2 Å². The first-order chi connectivity index (χ1) is 38.5. The topological polar surface area (TPSA) is 300 Å². The molecule has 2 fully saturated rings. The van der Waals surface area contributed by atoms with E-state index in [1.807, 2.05) is 46.9 Å². The van der Waals surface area contributed by atoms with E-state index in [2.05, 4.69) is 20.3 Å². The number of aryl methyl sites for hydroxylation is 1. The van der Waals surface area contributed by atoms with Crippen molar-refractivity contribution in [2.45, 2.75) is 115 Å². The molecule has 0 radical (unpaired) electrons. The zero-order valence-electron chi connectivity index (χ0n) is 45.4. The molecule has 2 aliphatic rings. The summed E-state index contributed by atoms with van der Waals surface area (Å²) in [6, 6.07) is 25.5. The van der Waals surface area contributed by atoms with E-state index in [1.165, 1.54) is 29.4 Å². The fourth-order valence-electron chi connectivity index (χ4n) is 8.58. The molecule has 6 aromatic rings. The Balaban J connectivity index is 1.18. The zero-order chi connectivity index (χ0) is 58.4. The highest BCUT2D eigenvalue weighted by atomic mass is 32.7. The van der Waals surface area contributed by atoms with Gasteiger partial charge < -0.3 is 33.4 Å². The minimum atomic E-state index is -4.72. The molecule has 9 atom stereocenters. The van der Waals surface area contributed by atoms with E-state index >= 15 is 4.57 Å². The van der Waals surface area contributed by atoms with Crippen LogP contribution in [0.25, 0.3) is 11.2 Å². The van der Waals surface area contributed by atoms with Crippen molar-refractivity contribution in [2.24, 2.45) is 0 Å². The molecule has 1 unspecified atom stereocenters. The molecule has 8 rings (SSSR count). The van der Waals surface area contributed by atoms with Gasteiger partial charge >= 0.3 is 30.4 Å². The third-order valence-corrected chi connectivity index (χ3v) is 21.8. The monoisotopic (exact) mass is 1170 g/mol. The van der Waals surface area contributed by atoms with Gasteiger partial charge in [0.05, 0.1) is 31.0 Å². The number of esters is 3. The Kier molecular flexibility index (Phi) is 18.5. The van der Waals surface area contributed by atoms with Crippen LogP contribution in [0.5, 0.6) is 0 Å². The molecule has 0 spiro atoms. The van der Waals surface area contributed by atoms with Gasteiger partial charge in [0, 0.05) is 43.0 Å². The number of carbonyl (C=O) groups excluding carboxylic acids is 5. The maximum absolute atomic E-state index is 15.7. The smallest absolute Gasteiger partial charge is 0.389 e. The molecule has 27 heteroatoms. The summed E-state index contributed by atoms with van der Waals surface area (Å²) in [6.07, 6.45) is -8.06. The number of nitrogens with one attached hydrogen (secondary N) is 1. The van der Waals surface area contributed by atoms with E-state index in [9.17, 15) is 38.8 Å². The van der Waals surface area contributed by atoms with Crippen molar-refractivity contribution in [1.29, 1.82) is 5.26 Å². The van der Waals surface area contributed by atoms with E-state index in [0.717, 1.165) is 36.2 Å². The summed E-state index contributed by atoms with van der Waals surface area (Å²) < 4.78 is 68.9. The van der Waals surface area contributed by atoms with Crippen molar-refractivity contribution in [3.8, 4) is 6.07 Å². The molecule has 2 aliphatic heterocycles. The summed E-state index contributed by atoms with van der Waals surface area (Å²) in [5, 5.41) is 12.0. The molecular weight excluding hydrogens is 1110 g/mol. The van der Waals surface area contributed by atoms with E-state index in [0.29, 0.717) is 21.5 Å².